The SMILES string of the molecule is N#Cc1cccc(COc2ccc(Cl)cc2)c1. The maximum atomic E-state index is 8.77. The molecule has 2 aromatic carbocycles. The van der Waals surface area contributed by atoms with Crippen LogP contribution in [0.1, 0.15) is 11.1 Å². The number of nitrogens with zero attached hydrogens (tertiary/aromatic N) is 1. The van der Waals surface area contributed by atoms with E-state index in [1.807, 2.05) is 30.3 Å². The highest BCUT2D eigenvalue weighted by atomic mass is 35.5. The third-order valence-electron chi connectivity index (χ3n) is 2.28. The van der Waals surface area contributed by atoms with Crippen LogP contribution in [0.25, 0.3) is 0 Å². The monoisotopic (exact) mass is 243 g/mol. The van der Waals surface area contributed by atoms with Gasteiger partial charge in [-0.15, -0.1) is 0 Å². The van der Waals surface area contributed by atoms with Gasteiger partial charge in [-0.25, -0.2) is 0 Å². The standard InChI is InChI=1S/C14H10ClNO/c15-13-4-6-14(7-5-13)17-10-12-3-1-2-11(8-12)9-16/h1-8H,10H2. The molecule has 0 aliphatic rings. The van der Waals surface area contributed by atoms with E-state index in [9.17, 15) is 0 Å². The lowest BCUT2D eigenvalue weighted by Gasteiger charge is -2.06. The normalized spacial score (nSPS) is 9.65. The molecule has 0 unspecified atom stereocenters. The highest BCUT2D eigenvalue weighted by Crippen LogP contribution is 2.17. The first-order valence-electron chi connectivity index (χ1n) is 5.15. The van der Waals surface area contributed by atoms with Gasteiger partial charge in [-0.05, 0) is 42.0 Å². The number of nitriles is 1. The van der Waals surface area contributed by atoms with Crippen LogP contribution in [0.5, 0.6) is 5.75 Å². The third kappa shape index (κ3) is 3.24. The van der Waals surface area contributed by atoms with Gasteiger partial charge in [0.1, 0.15) is 12.4 Å². The van der Waals surface area contributed by atoms with Crippen LogP contribution in [0.4, 0.5) is 0 Å². The topological polar surface area (TPSA) is 33.0 Å². The summed E-state index contributed by atoms with van der Waals surface area (Å²) < 4.78 is 5.58. The third-order valence-corrected chi connectivity index (χ3v) is 2.53. The molecule has 17 heavy (non-hydrogen) atoms. The molecule has 0 bridgehead atoms. The molecule has 2 nitrogen and oxygen atoms in total. The number of rotatable bonds is 3. The summed E-state index contributed by atoms with van der Waals surface area (Å²) in [4.78, 5) is 0. The summed E-state index contributed by atoms with van der Waals surface area (Å²) in [5.74, 6) is 0.761. The number of ether oxygens (including phenoxy) is 1. The smallest absolute Gasteiger partial charge is 0.119 e. The van der Waals surface area contributed by atoms with E-state index >= 15 is 0 Å². The molecule has 0 atom stereocenters. The van der Waals surface area contributed by atoms with Gasteiger partial charge in [0.25, 0.3) is 0 Å². The highest BCUT2D eigenvalue weighted by molar-refractivity contribution is 6.30. The molecule has 0 aliphatic carbocycles. The zero-order valence-electron chi connectivity index (χ0n) is 9.06. The summed E-state index contributed by atoms with van der Waals surface area (Å²) in [6, 6.07) is 16.7. The maximum Gasteiger partial charge on any atom is 0.119 e. The van der Waals surface area contributed by atoms with Crippen molar-refractivity contribution >= 4 is 11.6 Å². The minimum atomic E-state index is 0.442. The molecule has 0 saturated carbocycles. The van der Waals surface area contributed by atoms with E-state index in [4.69, 9.17) is 21.6 Å². The lowest BCUT2D eigenvalue weighted by molar-refractivity contribution is 0.306. The Bertz CT molecular complexity index is 543. The zero-order chi connectivity index (χ0) is 12.1. The highest BCUT2D eigenvalue weighted by Gasteiger charge is 1.97. The Morgan fingerprint density at radius 3 is 2.59 bits per heavy atom. The molecule has 0 amide bonds. The molecule has 0 fully saturated rings. The van der Waals surface area contributed by atoms with E-state index in [-0.39, 0.29) is 0 Å². The van der Waals surface area contributed by atoms with Crippen LogP contribution in [-0.4, -0.2) is 0 Å². The van der Waals surface area contributed by atoms with Gasteiger partial charge in [0.2, 0.25) is 0 Å². The molecule has 84 valence electrons. The van der Waals surface area contributed by atoms with E-state index < -0.39 is 0 Å². The second-order valence-electron chi connectivity index (χ2n) is 3.55. The van der Waals surface area contributed by atoms with E-state index in [0.717, 1.165) is 11.3 Å². The summed E-state index contributed by atoms with van der Waals surface area (Å²) in [7, 11) is 0. The number of hydrogen-bond donors (Lipinski definition) is 0. The molecular weight excluding hydrogens is 234 g/mol. The first-order valence-corrected chi connectivity index (χ1v) is 5.53. The fourth-order valence-electron chi connectivity index (χ4n) is 1.43. The molecule has 0 aromatic heterocycles. The molecule has 0 saturated heterocycles. The summed E-state index contributed by atoms with van der Waals surface area (Å²) >= 11 is 5.78. The van der Waals surface area contributed by atoms with Crippen LogP contribution in [0, 0.1) is 11.3 Å². The van der Waals surface area contributed by atoms with Gasteiger partial charge in [0.05, 0.1) is 11.6 Å². The second-order valence-corrected chi connectivity index (χ2v) is 3.99. The van der Waals surface area contributed by atoms with Crippen molar-refractivity contribution in [1.29, 1.82) is 5.26 Å². The number of halogens is 1. The molecule has 0 aliphatic heterocycles. The van der Waals surface area contributed by atoms with Crippen LogP contribution < -0.4 is 4.74 Å². The molecular formula is C14H10ClNO. The van der Waals surface area contributed by atoms with Gasteiger partial charge < -0.3 is 4.74 Å². The average Bonchev–Trinajstić information content (AvgIpc) is 2.38. The maximum absolute atomic E-state index is 8.77. The van der Waals surface area contributed by atoms with Gasteiger partial charge >= 0.3 is 0 Å². The van der Waals surface area contributed by atoms with Gasteiger partial charge in [0, 0.05) is 5.02 Å². The van der Waals surface area contributed by atoms with E-state index in [0.29, 0.717) is 17.2 Å². The van der Waals surface area contributed by atoms with E-state index in [1.54, 1.807) is 18.2 Å². The van der Waals surface area contributed by atoms with Crippen molar-refractivity contribution in [1.82, 2.24) is 0 Å². The lowest BCUT2D eigenvalue weighted by atomic mass is 10.1. The molecule has 3 heteroatoms. The van der Waals surface area contributed by atoms with Gasteiger partial charge in [-0.3, -0.25) is 0 Å². The predicted octanol–water partition coefficient (Wildman–Crippen LogP) is 3.79. The first-order chi connectivity index (χ1) is 8.28. The quantitative estimate of drug-likeness (QED) is 0.822. The van der Waals surface area contributed by atoms with Crippen LogP contribution >= 0.6 is 11.6 Å². The fraction of sp³-hybridized carbons (Fsp3) is 0.0714. The van der Waals surface area contributed by atoms with Gasteiger partial charge in [-0.1, -0.05) is 23.7 Å². The largest absolute Gasteiger partial charge is 0.489 e. The lowest BCUT2D eigenvalue weighted by Crippen LogP contribution is -1.95. The molecule has 2 aromatic rings. The minimum Gasteiger partial charge on any atom is -0.489 e. The summed E-state index contributed by atoms with van der Waals surface area (Å²) in [5.41, 5.74) is 1.61. The predicted molar refractivity (Wildman–Crippen MR) is 66.9 cm³/mol. The van der Waals surface area contributed by atoms with Crippen LogP contribution in [-0.2, 0) is 6.61 Å². The Morgan fingerprint density at radius 2 is 1.88 bits per heavy atom. The van der Waals surface area contributed by atoms with Crippen molar-refractivity contribution in [2.24, 2.45) is 0 Å². The van der Waals surface area contributed by atoms with Gasteiger partial charge in [0.15, 0.2) is 0 Å². The molecule has 0 spiro atoms. The average molecular weight is 244 g/mol. The number of benzene rings is 2. The summed E-state index contributed by atoms with van der Waals surface area (Å²) in [5, 5.41) is 9.46. The summed E-state index contributed by atoms with van der Waals surface area (Å²) in [6.07, 6.45) is 0. The van der Waals surface area contributed by atoms with Crippen LogP contribution in [0.2, 0.25) is 5.02 Å². The fourth-order valence-corrected chi connectivity index (χ4v) is 1.55. The number of hydrogen-bond acceptors (Lipinski definition) is 2. The van der Waals surface area contributed by atoms with Crippen molar-refractivity contribution < 1.29 is 4.74 Å². The Labute approximate surface area is 105 Å². The second kappa shape index (κ2) is 5.38. The molecule has 0 N–H and O–H groups in total. The zero-order valence-corrected chi connectivity index (χ0v) is 9.82. The minimum absolute atomic E-state index is 0.442. The summed E-state index contributed by atoms with van der Waals surface area (Å²) in [6.45, 7) is 0.442. The van der Waals surface area contributed by atoms with Crippen molar-refractivity contribution in [3.05, 3.63) is 64.7 Å². The van der Waals surface area contributed by atoms with E-state index in [2.05, 4.69) is 6.07 Å². The first kappa shape index (κ1) is 11.5. The van der Waals surface area contributed by atoms with Crippen LogP contribution in [0.3, 0.4) is 0 Å². The van der Waals surface area contributed by atoms with E-state index in [1.165, 1.54) is 0 Å². The Morgan fingerprint density at radius 1 is 1.12 bits per heavy atom. The Kier molecular flexibility index (Phi) is 3.64. The Balaban J connectivity index is 2.02. The van der Waals surface area contributed by atoms with Crippen molar-refractivity contribution in [3.8, 4) is 11.8 Å². The van der Waals surface area contributed by atoms with Crippen LogP contribution in [0.15, 0.2) is 48.5 Å². The van der Waals surface area contributed by atoms with Crippen molar-refractivity contribution in [2.75, 3.05) is 0 Å². The Hall–Kier alpha value is -1.98. The molecule has 2 rings (SSSR count). The molecule has 0 heterocycles. The van der Waals surface area contributed by atoms with Crippen molar-refractivity contribution in [2.45, 2.75) is 6.61 Å². The van der Waals surface area contributed by atoms with Gasteiger partial charge in [-0.2, -0.15) is 5.26 Å². The molecule has 0 radical (unpaired) electrons. The van der Waals surface area contributed by atoms with Crippen molar-refractivity contribution in [3.63, 3.8) is 0 Å².